The molecule has 5 rings (SSSR count). The zero-order valence-corrected chi connectivity index (χ0v) is 25.3. The van der Waals surface area contributed by atoms with Crippen LogP contribution in [0.3, 0.4) is 0 Å². The normalized spacial score (nSPS) is 18.4. The van der Waals surface area contributed by atoms with Gasteiger partial charge in [0.1, 0.15) is 0 Å². The van der Waals surface area contributed by atoms with Gasteiger partial charge >= 0.3 is 0 Å². The molecule has 0 bridgehead atoms. The Hall–Kier alpha value is -2.10. The van der Waals surface area contributed by atoms with Gasteiger partial charge in [-0.3, -0.25) is 4.79 Å². The predicted octanol–water partition coefficient (Wildman–Crippen LogP) is 5.76. The largest absolute Gasteiger partial charge is 0.347 e. The summed E-state index contributed by atoms with van der Waals surface area (Å²) in [6.45, 7) is 5.44. The summed E-state index contributed by atoms with van der Waals surface area (Å²) in [5.41, 5.74) is 2.04. The maximum Gasteiger partial charge on any atom is 0.230 e. The Kier molecular flexibility index (Phi) is 9.42. The summed E-state index contributed by atoms with van der Waals surface area (Å²) in [4.78, 5) is 18.0. The number of rotatable bonds is 9. The number of hydrogen-bond acceptors (Lipinski definition) is 4. The second kappa shape index (κ2) is 12.8. The molecule has 0 atom stereocenters. The predicted molar refractivity (Wildman–Crippen MR) is 164 cm³/mol. The van der Waals surface area contributed by atoms with Crippen LogP contribution in [-0.4, -0.2) is 73.6 Å². The summed E-state index contributed by atoms with van der Waals surface area (Å²) in [5, 5.41) is 2.17. The Morgan fingerprint density at radius 2 is 1.68 bits per heavy atom. The molecule has 0 aliphatic carbocycles. The van der Waals surface area contributed by atoms with E-state index in [1.54, 1.807) is 12.1 Å². The second-order valence-corrected chi connectivity index (χ2v) is 14.0. The highest BCUT2D eigenvalue weighted by Gasteiger charge is 2.32. The van der Waals surface area contributed by atoms with Gasteiger partial charge in [0.25, 0.3) is 0 Å². The van der Waals surface area contributed by atoms with Crippen LogP contribution in [0.5, 0.6) is 0 Å². The number of aromatic nitrogens is 1. The SMILES string of the molecule is CS(=O)(=O)N1CCC(C(=O)N(CCCN2CCC(Cn3ccc4ccccc43)CC2)c2ccc(Cl)c(Cl)c2)CC1. The molecule has 216 valence electrons. The molecule has 0 N–H and O–H groups in total. The van der Waals surface area contributed by atoms with Crippen molar-refractivity contribution >= 4 is 55.7 Å². The summed E-state index contributed by atoms with van der Waals surface area (Å²) in [5.74, 6) is 0.483. The van der Waals surface area contributed by atoms with E-state index in [0.29, 0.717) is 48.4 Å². The first-order valence-corrected chi connectivity index (χ1v) is 16.8. The Morgan fingerprint density at radius 1 is 0.950 bits per heavy atom. The molecule has 3 aromatic rings. The molecule has 0 saturated carbocycles. The van der Waals surface area contributed by atoms with Gasteiger partial charge in [0, 0.05) is 49.5 Å². The van der Waals surface area contributed by atoms with Gasteiger partial charge in [0.05, 0.1) is 16.3 Å². The monoisotopic (exact) mass is 604 g/mol. The minimum atomic E-state index is -3.24. The first-order chi connectivity index (χ1) is 19.2. The Labute approximate surface area is 247 Å². The van der Waals surface area contributed by atoms with Gasteiger partial charge in [-0.1, -0.05) is 41.4 Å². The van der Waals surface area contributed by atoms with Crippen molar-refractivity contribution in [3.05, 3.63) is 64.8 Å². The summed E-state index contributed by atoms with van der Waals surface area (Å²) < 4.78 is 27.7. The number of sulfonamides is 1. The lowest BCUT2D eigenvalue weighted by Gasteiger charge is -2.35. The molecule has 2 fully saturated rings. The van der Waals surface area contributed by atoms with E-state index in [1.165, 1.54) is 34.3 Å². The van der Waals surface area contributed by atoms with E-state index in [0.717, 1.165) is 38.3 Å². The minimum absolute atomic E-state index is 0.0317. The molecular weight excluding hydrogens is 567 g/mol. The number of para-hydroxylation sites is 1. The average Bonchev–Trinajstić information content (AvgIpc) is 3.35. The fourth-order valence-corrected chi connectivity index (χ4v) is 7.26. The maximum absolute atomic E-state index is 13.7. The quantitative estimate of drug-likeness (QED) is 0.312. The van der Waals surface area contributed by atoms with Crippen molar-refractivity contribution in [1.29, 1.82) is 0 Å². The molecule has 2 saturated heterocycles. The third-order valence-electron chi connectivity index (χ3n) is 8.45. The molecule has 1 amide bonds. The zero-order chi connectivity index (χ0) is 28.3. The third-order valence-corrected chi connectivity index (χ3v) is 10.5. The third kappa shape index (κ3) is 7.02. The lowest BCUT2D eigenvalue weighted by atomic mass is 9.95. The highest BCUT2D eigenvalue weighted by molar-refractivity contribution is 7.88. The van der Waals surface area contributed by atoms with E-state index in [-0.39, 0.29) is 11.8 Å². The highest BCUT2D eigenvalue weighted by atomic mass is 35.5. The van der Waals surface area contributed by atoms with Crippen molar-refractivity contribution < 1.29 is 13.2 Å². The zero-order valence-electron chi connectivity index (χ0n) is 23.0. The van der Waals surface area contributed by atoms with E-state index in [9.17, 15) is 13.2 Å². The Bertz CT molecular complexity index is 1430. The number of anilines is 1. The fraction of sp³-hybridized carbons (Fsp3) is 0.500. The second-order valence-electron chi connectivity index (χ2n) is 11.2. The molecule has 0 spiro atoms. The molecule has 0 unspecified atom stereocenters. The van der Waals surface area contributed by atoms with Crippen LogP contribution < -0.4 is 4.90 Å². The molecule has 40 heavy (non-hydrogen) atoms. The number of benzene rings is 2. The standard InChI is InChI=1S/C30H38Cl2N4O3S/c1-40(38,39)35-19-12-25(13-20-35)30(37)36(26-7-8-27(31)28(32)21-26)15-4-14-33-16-9-23(10-17-33)22-34-18-11-24-5-2-3-6-29(24)34/h2-3,5-8,11,18,21,23,25H,4,9-10,12-17,19-20,22H2,1H3. The molecule has 10 heteroatoms. The highest BCUT2D eigenvalue weighted by Crippen LogP contribution is 2.30. The van der Waals surface area contributed by atoms with E-state index in [4.69, 9.17) is 23.2 Å². The molecule has 2 aliphatic rings. The molecular formula is C30H38Cl2N4O3S. The van der Waals surface area contributed by atoms with Crippen LogP contribution in [-0.2, 0) is 21.4 Å². The van der Waals surface area contributed by atoms with Crippen molar-refractivity contribution in [3.63, 3.8) is 0 Å². The number of likely N-dealkylation sites (tertiary alicyclic amines) is 1. The van der Waals surface area contributed by atoms with Crippen LogP contribution in [0.4, 0.5) is 5.69 Å². The molecule has 7 nitrogen and oxygen atoms in total. The molecule has 1 aromatic heterocycles. The number of piperidine rings is 2. The number of carbonyl (C=O) groups excluding carboxylic acids is 1. The van der Waals surface area contributed by atoms with Crippen LogP contribution in [0.15, 0.2) is 54.7 Å². The lowest BCUT2D eigenvalue weighted by molar-refractivity contribution is -0.123. The number of hydrogen-bond donors (Lipinski definition) is 0. The summed E-state index contributed by atoms with van der Waals surface area (Å²) in [6.07, 6.45) is 7.66. The molecule has 3 heterocycles. The van der Waals surface area contributed by atoms with E-state index >= 15 is 0 Å². The smallest absolute Gasteiger partial charge is 0.230 e. The topological polar surface area (TPSA) is 65.9 Å². The van der Waals surface area contributed by atoms with Gasteiger partial charge in [-0.2, -0.15) is 0 Å². The van der Waals surface area contributed by atoms with Crippen molar-refractivity contribution in [3.8, 4) is 0 Å². The van der Waals surface area contributed by atoms with Crippen molar-refractivity contribution in [2.45, 2.75) is 38.6 Å². The van der Waals surface area contributed by atoms with Crippen molar-refractivity contribution in [2.75, 3.05) is 50.4 Å². The van der Waals surface area contributed by atoms with E-state index < -0.39 is 10.0 Å². The van der Waals surface area contributed by atoms with Crippen LogP contribution in [0.2, 0.25) is 10.0 Å². The first-order valence-electron chi connectivity index (χ1n) is 14.2. The number of fused-ring (bicyclic) bond motifs is 1. The first kappa shape index (κ1) is 29.4. The van der Waals surface area contributed by atoms with E-state index in [1.807, 2.05) is 11.0 Å². The summed E-state index contributed by atoms with van der Waals surface area (Å²) in [6, 6.07) is 16.1. The number of halogens is 2. The van der Waals surface area contributed by atoms with Gasteiger partial charge in [-0.05, 0) is 93.4 Å². The van der Waals surface area contributed by atoms with Gasteiger partial charge in [-0.15, -0.1) is 0 Å². The Morgan fingerprint density at radius 3 is 2.38 bits per heavy atom. The van der Waals surface area contributed by atoms with Crippen molar-refractivity contribution in [2.24, 2.45) is 11.8 Å². The van der Waals surface area contributed by atoms with Crippen LogP contribution in [0, 0.1) is 11.8 Å². The lowest BCUT2D eigenvalue weighted by Crippen LogP contribution is -2.45. The fourth-order valence-electron chi connectivity index (χ4n) is 6.10. The number of amides is 1. The molecule has 2 aromatic carbocycles. The summed E-state index contributed by atoms with van der Waals surface area (Å²) >= 11 is 12.5. The van der Waals surface area contributed by atoms with E-state index in [2.05, 4.69) is 46.0 Å². The van der Waals surface area contributed by atoms with Gasteiger partial charge in [-0.25, -0.2) is 12.7 Å². The van der Waals surface area contributed by atoms with Gasteiger partial charge in [0.2, 0.25) is 15.9 Å². The number of carbonyl (C=O) groups is 1. The van der Waals surface area contributed by atoms with Gasteiger partial charge in [0.15, 0.2) is 0 Å². The van der Waals surface area contributed by atoms with Crippen LogP contribution in [0.1, 0.15) is 32.1 Å². The molecule has 0 radical (unpaired) electrons. The Balaban J connectivity index is 1.16. The van der Waals surface area contributed by atoms with Crippen LogP contribution in [0.25, 0.3) is 10.9 Å². The van der Waals surface area contributed by atoms with Gasteiger partial charge < -0.3 is 14.4 Å². The average molecular weight is 606 g/mol. The minimum Gasteiger partial charge on any atom is -0.347 e. The maximum atomic E-state index is 13.7. The number of nitrogens with zero attached hydrogens (tertiary/aromatic N) is 4. The van der Waals surface area contributed by atoms with Crippen LogP contribution >= 0.6 is 23.2 Å². The van der Waals surface area contributed by atoms with Crippen molar-refractivity contribution in [1.82, 2.24) is 13.8 Å². The summed E-state index contributed by atoms with van der Waals surface area (Å²) in [7, 11) is -3.24. The molecule has 2 aliphatic heterocycles.